The highest BCUT2D eigenvalue weighted by molar-refractivity contribution is 5.80. The van der Waals surface area contributed by atoms with Crippen LogP contribution in [0.4, 0.5) is 5.82 Å². The Morgan fingerprint density at radius 1 is 0.947 bits per heavy atom. The van der Waals surface area contributed by atoms with E-state index in [2.05, 4.69) is 41.3 Å². The van der Waals surface area contributed by atoms with Crippen molar-refractivity contribution in [3.63, 3.8) is 0 Å². The summed E-state index contributed by atoms with van der Waals surface area (Å²) in [4.78, 5) is 7.44. The molecule has 2 heteroatoms. The van der Waals surface area contributed by atoms with Crippen molar-refractivity contribution in [3.8, 4) is 0 Å². The third kappa shape index (κ3) is 1.90. The smallest absolute Gasteiger partial charge is 0.129 e. The number of hydrogen-bond donors (Lipinski definition) is 0. The van der Waals surface area contributed by atoms with Crippen molar-refractivity contribution in [2.45, 2.75) is 38.1 Å². The third-order valence-corrected chi connectivity index (χ3v) is 4.89. The Labute approximate surface area is 114 Å². The van der Waals surface area contributed by atoms with Crippen molar-refractivity contribution in [1.82, 2.24) is 4.98 Å². The largest absolute Gasteiger partial charge is 0.353 e. The maximum atomic E-state index is 4.87. The van der Waals surface area contributed by atoms with E-state index in [1.165, 1.54) is 49.9 Å². The molecule has 0 N–H and O–H groups in total. The summed E-state index contributed by atoms with van der Waals surface area (Å²) in [5, 5.41) is 1.24. The summed E-state index contributed by atoms with van der Waals surface area (Å²) in [6.45, 7) is 1.20. The summed E-state index contributed by atoms with van der Waals surface area (Å²) in [5.74, 6) is 2.11. The standard InChI is InChI=1S/C17H20N2/c1-3-7-15-13(5-1)9-10-17(18-15)19-12-11-14-6-2-4-8-16(14)19/h1,3,5,7,9-10,14,16H,2,4,6,8,11-12H2. The number of fused-ring (bicyclic) bond motifs is 2. The van der Waals surface area contributed by atoms with Gasteiger partial charge >= 0.3 is 0 Å². The lowest BCUT2D eigenvalue weighted by Crippen LogP contribution is -2.35. The van der Waals surface area contributed by atoms with Gasteiger partial charge in [-0.2, -0.15) is 0 Å². The van der Waals surface area contributed by atoms with Crippen LogP contribution in [0, 0.1) is 5.92 Å². The van der Waals surface area contributed by atoms with Crippen LogP contribution in [-0.4, -0.2) is 17.6 Å². The fraction of sp³-hybridized carbons (Fsp3) is 0.471. The number of nitrogens with zero attached hydrogens (tertiary/aromatic N) is 2. The monoisotopic (exact) mass is 252 g/mol. The lowest BCUT2D eigenvalue weighted by Gasteiger charge is -2.32. The minimum absolute atomic E-state index is 0.752. The Kier molecular flexibility index (Phi) is 2.68. The second kappa shape index (κ2) is 4.52. The van der Waals surface area contributed by atoms with E-state index in [1.807, 2.05) is 0 Å². The fourth-order valence-electron chi connectivity index (χ4n) is 3.91. The minimum atomic E-state index is 0.752. The van der Waals surface area contributed by atoms with Crippen LogP contribution >= 0.6 is 0 Å². The van der Waals surface area contributed by atoms with Crippen LogP contribution in [0.2, 0.25) is 0 Å². The van der Waals surface area contributed by atoms with Crippen molar-refractivity contribution in [1.29, 1.82) is 0 Å². The van der Waals surface area contributed by atoms with Gasteiger partial charge in [0.05, 0.1) is 5.52 Å². The van der Waals surface area contributed by atoms with Gasteiger partial charge < -0.3 is 4.90 Å². The molecule has 1 saturated carbocycles. The fourth-order valence-corrected chi connectivity index (χ4v) is 3.91. The molecule has 0 spiro atoms. The second-order valence-electron chi connectivity index (χ2n) is 5.96. The van der Waals surface area contributed by atoms with Crippen molar-refractivity contribution in [2.75, 3.05) is 11.4 Å². The van der Waals surface area contributed by atoms with Crippen LogP contribution in [0.25, 0.3) is 10.9 Å². The number of pyridine rings is 1. The molecule has 98 valence electrons. The maximum absolute atomic E-state index is 4.87. The van der Waals surface area contributed by atoms with Gasteiger partial charge in [-0.15, -0.1) is 0 Å². The van der Waals surface area contributed by atoms with E-state index in [9.17, 15) is 0 Å². The Morgan fingerprint density at radius 2 is 1.84 bits per heavy atom. The number of hydrogen-bond acceptors (Lipinski definition) is 2. The molecule has 1 aromatic carbocycles. The average Bonchev–Trinajstić information content (AvgIpc) is 2.91. The molecule has 1 aliphatic heterocycles. The van der Waals surface area contributed by atoms with Gasteiger partial charge in [-0.05, 0) is 43.4 Å². The summed E-state index contributed by atoms with van der Waals surface area (Å²) >= 11 is 0. The van der Waals surface area contributed by atoms with E-state index >= 15 is 0 Å². The molecule has 2 heterocycles. The quantitative estimate of drug-likeness (QED) is 0.762. The number of rotatable bonds is 1. The second-order valence-corrected chi connectivity index (χ2v) is 5.96. The van der Waals surface area contributed by atoms with E-state index in [-0.39, 0.29) is 0 Å². The maximum Gasteiger partial charge on any atom is 0.129 e. The number of aromatic nitrogens is 1. The van der Waals surface area contributed by atoms with Crippen LogP contribution in [0.5, 0.6) is 0 Å². The van der Waals surface area contributed by atoms with Crippen LogP contribution in [0.15, 0.2) is 36.4 Å². The zero-order valence-electron chi connectivity index (χ0n) is 11.3. The summed E-state index contributed by atoms with van der Waals surface area (Å²) in [6, 6.07) is 13.6. The van der Waals surface area contributed by atoms with Crippen LogP contribution in [0.3, 0.4) is 0 Å². The molecule has 1 saturated heterocycles. The van der Waals surface area contributed by atoms with E-state index < -0.39 is 0 Å². The molecule has 1 aromatic heterocycles. The molecular weight excluding hydrogens is 232 g/mol. The minimum Gasteiger partial charge on any atom is -0.353 e. The van der Waals surface area contributed by atoms with Gasteiger partial charge in [0.2, 0.25) is 0 Å². The zero-order valence-corrected chi connectivity index (χ0v) is 11.3. The molecule has 4 rings (SSSR count). The predicted molar refractivity (Wildman–Crippen MR) is 79.5 cm³/mol. The first kappa shape index (κ1) is 11.3. The van der Waals surface area contributed by atoms with Gasteiger partial charge in [0.15, 0.2) is 0 Å². The van der Waals surface area contributed by atoms with Crippen molar-refractivity contribution in [2.24, 2.45) is 5.92 Å². The van der Waals surface area contributed by atoms with Gasteiger partial charge in [0.25, 0.3) is 0 Å². The molecule has 2 unspecified atom stereocenters. The highest BCUT2D eigenvalue weighted by atomic mass is 15.2. The first-order chi connectivity index (χ1) is 9.42. The molecule has 2 aliphatic rings. The topological polar surface area (TPSA) is 16.1 Å². The van der Waals surface area contributed by atoms with E-state index in [1.54, 1.807) is 0 Å². The van der Waals surface area contributed by atoms with Gasteiger partial charge in [-0.25, -0.2) is 4.98 Å². The Balaban J connectivity index is 1.70. The predicted octanol–water partition coefficient (Wildman–Crippen LogP) is 4.00. The molecular formula is C17H20N2. The molecule has 19 heavy (non-hydrogen) atoms. The molecule has 2 aromatic rings. The third-order valence-electron chi connectivity index (χ3n) is 4.89. The van der Waals surface area contributed by atoms with Crippen molar-refractivity contribution < 1.29 is 0 Å². The van der Waals surface area contributed by atoms with Crippen LogP contribution in [-0.2, 0) is 0 Å². The zero-order chi connectivity index (χ0) is 12.7. The van der Waals surface area contributed by atoms with E-state index in [4.69, 9.17) is 4.98 Å². The van der Waals surface area contributed by atoms with E-state index in [0.29, 0.717) is 0 Å². The first-order valence-corrected chi connectivity index (χ1v) is 7.54. The molecule has 2 fully saturated rings. The average molecular weight is 252 g/mol. The SMILES string of the molecule is c1ccc2nc(N3CCC4CCCCC43)ccc2c1. The van der Waals surface area contributed by atoms with Crippen molar-refractivity contribution >= 4 is 16.7 Å². The highest BCUT2D eigenvalue weighted by Crippen LogP contribution is 2.38. The van der Waals surface area contributed by atoms with Gasteiger partial charge in [0.1, 0.15) is 5.82 Å². The first-order valence-electron chi connectivity index (χ1n) is 7.54. The van der Waals surface area contributed by atoms with Crippen molar-refractivity contribution in [3.05, 3.63) is 36.4 Å². The summed E-state index contributed by atoms with van der Waals surface area (Å²) < 4.78 is 0. The molecule has 0 radical (unpaired) electrons. The Bertz CT molecular complexity index is 593. The molecule has 0 bridgehead atoms. The summed E-state index contributed by atoms with van der Waals surface area (Å²) in [5.41, 5.74) is 1.12. The summed E-state index contributed by atoms with van der Waals surface area (Å²) in [7, 11) is 0. The lowest BCUT2D eigenvalue weighted by molar-refractivity contribution is 0.341. The van der Waals surface area contributed by atoms with Crippen LogP contribution in [0.1, 0.15) is 32.1 Å². The van der Waals surface area contributed by atoms with Crippen LogP contribution < -0.4 is 4.90 Å². The molecule has 0 amide bonds. The number of anilines is 1. The molecule has 1 aliphatic carbocycles. The molecule has 2 nitrogen and oxygen atoms in total. The van der Waals surface area contributed by atoms with E-state index in [0.717, 1.165) is 17.5 Å². The highest BCUT2D eigenvalue weighted by Gasteiger charge is 2.36. The number of para-hydroxylation sites is 1. The Hall–Kier alpha value is -1.57. The van der Waals surface area contributed by atoms with Gasteiger partial charge in [-0.1, -0.05) is 31.0 Å². The lowest BCUT2D eigenvalue weighted by atomic mass is 9.85. The molecule has 2 atom stereocenters. The normalized spacial score (nSPS) is 26.6. The van der Waals surface area contributed by atoms with Gasteiger partial charge in [-0.3, -0.25) is 0 Å². The van der Waals surface area contributed by atoms with Gasteiger partial charge in [0, 0.05) is 18.0 Å². The number of benzene rings is 1. The summed E-state index contributed by atoms with van der Waals surface area (Å²) in [6.07, 6.45) is 6.97. The Morgan fingerprint density at radius 3 is 2.84 bits per heavy atom.